The number of ether oxygens (including phenoxy) is 1. The van der Waals surface area contributed by atoms with Gasteiger partial charge in [-0.15, -0.1) is 0 Å². The van der Waals surface area contributed by atoms with E-state index in [2.05, 4.69) is 17.3 Å². The largest absolute Gasteiger partial charge is 0.384 e. The summed E-state index contributed by atoms with van der Waals surface area (Å²) in [6.45, 7) is 3.94. The molecule has 138 valence electrons. The molecule has 3 rings (SSSR count). The van der Waals surface area contributed by atoms with E-state index in [9.17, 15) is 4.79 Å². The van der Waals surface area contributed by atoms with Gasteiger partial charge in [0.15, 0.2) is 0 Å². The third kappa shape index (κ3) is 4.10. The Hall–Kier alpha value is -1.73. The van der Waals surface area contributed by atoms with Crippen LogP contribution in [0.4, 0.5) is 5.82 Å². The number of amides is 1. The zero-order chi connectivity index (χ0) is 17.8. The zero-order valence-corrected chi connectivity index (χ0v) is 15.5. The molecule has 0 radical (unpaired) electrons. The Balaban J connectivity index is 1.80. The van der Waals surface area contributed by atoms with Crippen molar-refractivity contribution in [3.63, 3.8) is 0 Å². The van der Waals surface area contributed by atoms with E-state index in [4.69, 9.17) is 14.7 Å². The Labute approximate surface area is 149 Å². The van der Waals surface area contributed by atoms with Crippen LogP contribution in [0.5, 0.6) is 0 Å². The molecule has 1 saturated heterocycles. The number of hydrogen-bond acceptors (Lipinski definition) is 6. The molecule has 0 saturated carbocycles. The number of methoxy groups -OCH3 is 1. The highest BCUT2D eigenvalue weighted by Gasteiger charge is 2.28. The third-order valence-corrected chi connectivity index (χ3v) is 5.18. The minimum absolute atomic E-state index is 0.132. The van der Waals surface area contributed by atoms with Crippen LogP contribution in [0.2, 0.25) is 0 Å². The van der Waals surface area contributed by atoms with Gasteiger partial charge in [-0.3, -0.25) is 4.79 Å². The summed E-state index contributed by atoms with van der Waals surface area (Å²) in [5, 5.41) is 3.22. The minimum atomic E-state index is 0.132. The lowest BCUT2D eigenvalue weighted by Crippen LogP contribution is -2.38. The number of anilines is 1. The first-order chi connectivity index (χ1) is 12.1. The van der Waals surface area contributed by atoms with E-state index < -0.39 is 0 Å². The van der Waals surface area contributed by atoms with Gasteiger partial charge in [-0.05, 0) is 26.4 Å². The molecule has 2 aliphatic heterocycles. The highest BCUT2D eigenvalue weighted by Crippen LogP contribution is 2.29. The van der Waals surface area contributed by atoms with Crippen molar-refractivity contribution in [2.45, 2.75) is 38.1 Å². The number of rotatable bonds is 5. The number of carbonyl (C=O) groups is 1. The van der Waals surface area contributed by atoms with Crippen molar-refractivity contribution in [2.24, 2.45) is 0 Å². The number of hydrogen-bond donors (Lipinski definition) is 1. The van der Waals surface area contributed by atoms with Crippen molar-refractivity contribution in [1.29, 1.82) is 0 Å². The fourth-order valence-corrected chi connectivity index (χ4v) is 3.76. The number of carbonyl (C=O) groups excluding carboxylic acids is 1. The molecule has 1 N–H and O–H groups in total. The first-order valence-corrected chi connectivity index (χ1v) is 9.15. The Morgan fingerprint density at radius 1 is 1.36 bits per heavy atom. The predicted molar refractivity (Wildman–Crippen MR) is 96.7 cm³/mol. The highest BCUT2D eigenvalue weighted by atomic mass is 16.5. The van der Waals surface area contributed by atoms with Gasteiger partial charge in [-0.25, -0.2) is 9.97 Å². The molecule has 0 bridgehead atoms. The number of fused-ring (bicyclic) bond motifs is 1. The first-order valence-electron chi connectivity index (χ1n) is 9.15. The van der Waals surface area contributed by atoms with Gasteiger partial charge in [-0.2, -0.15) is 0 Å². The zero-order valence-electron chi connectivity index (χ0n) is 15.5. The Kier molecular flexibility index (Phi) is 5.86. The fourth-order valence-electron chi connectivity index (χ4n) is 3.76. The fraction of sp³-hybridized carbons (Fsp3) is 0.722. The predicted octanol–water partition coefficient (Wildman–Crippen LogP) is 1.25. The Bertz CT molecular complexity index is 604. The summed E-state index contributed by atoms with van der Waals surface area (Å²) < 4.78 is 5.02. The molecule has 0 aromatic carbocycles. The molecule has 1 atom stereocenters. The second kappa shape index (κ2) is 8.10. The molecule has 1 unspecified atom stereocenters. The van der Waals surface area contributed by atoms with Gasteiger partial charge < -0.3 is 19.9 Å². The maximum absolute atomic E-state index is 12.3. The molecule has 1 fully saturated rings. The van der Waals surface area contributed by atoms with Crippen LogP contribution in [0.25, 0.3) is 0 Å². The molecule has 0 aliphatic carbocycles. The molecule has 2 aliphatic rings. The first kappa shape index (κ1) is 18.1. The van der Waals surface area contributed by atoms with Crippen molar-refractivity contribution in [3.8, 4) is 0 Å². The van der Waals surface area contributed by atoms with Crippen LogP contribution in [0.15, 0.2) is 0 Å². The number of likely N-dealkylation sites (tertiary alicyclic amines) is 1. The van der Waals surface area contributed by atoms with Crippen LogP contribution in [0, 0.1) is 0 Å². The quantitative estimate of drug-likeness (QED) is 0.864. The number of aromatic nitrogens is 2. The van der Waals surface area contributed by atoms with Gasteiger partial charge in [0, 0.05) is 45.1 Å². The maximum atomic E-state index is 12.3. The summed E-state index contributed by atoms with van der Waals surface area (Å²) in [5.74, 6) is 2.36. The lowest BCUT2D eigenvalue weighted by Gasteiger charge is -2.32. The minimum Gasteiger partial charge on any atom is -0.384 e. The Morgan fingerprint density at radius 3 is 2.92 bits per heavy atom. The normalized spacial score (nSPS) is 21.1. The van der Waals surface area contributed by atoms with Gasteiger partial charge in [0.25, 0.3) is 0 Å². The number of nitrogens with zero attached hydrogens (tertiary/aromatic N) is 4. The second-order valence-corrected chi connectivity index (χ2v) is 7.02. The van der Waals surface area contributed by atoms with Crippen molar-refractivity contribution in [3.05, 3.63) is 17.1 Å². The lowest BCUT2D eigenvalue weighted by molar-refractivity contribution is -0.133. The summed E-state index contributed by atoms with van der Waals surface area (Å²) in [6.07, 6.45) is 3.56. The number of piperidine rings is 1. The van der Waals surface area contributed by atoms with Gasteiger partial charge in [0.05, 0.1) is 25.3 Å². The van der Waals surface area contributed by atoms with E-state index in [1.54, 1.807) is 7.11 Å². The van der Waals surface area contributed by atoms with E-state index in [0.29, 0.717) is 25.5 Å². The van der Waals surface area contributed by atoms with E-state index in [-0.39, 0.29) is 5.91 Å². The standard InChI is InChI=1S/C18H29N5O2/c1-19-18-14-12-23(16(24)7-10-25-3)9-6-15(14)20-17(21-18)13-5-4-8-22(2)11-13/h13H,4-12H2,1-3H3,(H,19,20,21). The molecule has 25 heavy (non-hydrogen) atoms. The van der Waals surface area contributed by atoms with E-state index in [1.807, 2.05) is 11.9 Å². The molecule has 3 heterocycles. The van der Waals surface area contributed by atoms with Gasteiger partial charge in [-0.1, -0.05) is 0 Å². The second-order valence-electron chi connectivity index (χ2n) is 7.02. The van der Waals surface area contributed by atoms with Crippen LogP contribution < -0.4 is 5.32 Å². The highest BCUT2D eigenvalue weighted by molar-refractivity contribution is 5.76. The van der Waals surface area contributed by atoms with E-state index >= 15 is 0 Å². The number of nitrogens with one attached hydrogen (secondary N) is 1. The topological polar surface area (TPSA) is 70.6 Å². The monoisotopic (exact) mass is 347 g/mol. The SMILES string of the molecule is CNc1nc(C2CCCN(C)C2)nc2c1CN(C(=O)CCOC)CC2. The molecule has 1 amide bonds. The maximum Gasteiger partial charge on any atom is 0.225 e. The van der Waals surface area contributed by atoms with Crippen LogP contribution in [-0.4, -0.2) is 73.1 Å². The summed E-state index contributed by atoms with van der Waals surface area (Å²) >= 11 is 0. The van der Waals surface area contributed by atoms with Crippen LogP contribution in [0.3, 0.4) is 0 Å². The smallest absolute Gasteiger partial charge is 0.225 e. The van der Waals surface area contributed by atoms with Crippen molar-refractivity contribution < 1.29 is 9.53 Å². The molecule has 7 nitrogen and oxygen atoms in total. The summed E-state index contributed by atoms with van der Waals surface area (Å²) in [4.78, 5) is 26.2. The van der Waals surface area contributed by atoms with Crippen molar-refractivity contribution >= 4 is 11.7 Å². The van der Waals surface area contributed by atoms with Crippen LogP contribution in [-0.2, 0) is 22.5 Å². The van der Waals surface area contributed by atoms with E-state index in [1.165, 1.54) is 6.42 Å². The van der Waals surface area contributed by atoms with Gasteiger partial charge >= 0.3 is 0 Å². The van der Waals surface area contributed by atoms with Crippen LogP contribution in [0.1, 0.15) is 42.3 Å². The average Bonchev–Trinajstić information content (AvgIpc) is 2.64. The van der Waals surface area contributed by atoms with Crippen molar-refractivity contribution in [2.75, 3.05) is 52.8 Å². The molecular weight excluding hydrogens is 318 g/mol. The molecule has 1 aromatic rings. The lowest BCUT2D eigenvalue weighted by atomic mass is 9.96. The number of likely N-dealkylation sites (N-methyl/N-ethyl adjacent to an activating group) is 1. The molecule has 7 heteroatoms. The molecule has 1 aromatic heterocycles. The van der Waals surface area contributed by atoms with Gasteiger partial charge in [0.2, 0.25) is 5.91 Å². The van der Waals surface area contributed by atoms with E-state index in [0.717, 1.165) is 55.4 Å². The Morgan fingerprint density at radius 2 is 2.20 bits per heavy atom. The summed E-state index contributed by atoms with van der Waals surface area (Å²) in [5.41, 5.74) is 2.16. The average molecular weight is 347 g/mol. The van der Waals surface area contributed by atoms with Crippen molar-refractivity contribution in [1.82, 2.24) is 19.8 Å². The summed E-state index contributed by atoms with van der Waals surface area (Å²) in [6, 6.07) is 0. The third-order valence-electron chi connectivity index (χ3n) is 5.18. The molecular formula is C18H29N5O2. The van der Waals surface area contributed by atoms with Crippen LogP contribution >= 0.6 is 0 Å². The molecule has 0 spiro atoms. The summed E-state index contributed by atoms with van der Waals surface area (Å²) in [7, 11) is 5.67. The van der Waals surface area contributed by atoms with Gasteiger partial charge in [0.1, 0.15) is 11.6 Å².